The number of nitrogens with zero attached hydrogens (tertiary/aromatic N) is 1. The molecule has 106 valence electrons. The smallest absolute Gasteiger partial charge is 0.267 e. The van der Waals surface area contributed by atoms with E-state index in [9.17, 15) is 4.79 Å². The number of nitrogens with one attached hydrogen (secondary N) is 1. The van der Waals surface area contributed by atoms with Crippen molar-refractivity contribution in [1.29, 1.82) is 0 Å². The first kappa shape index (κ1) is 14.3. The van der Waals surface area contributed by atoms with Crippen LogP contribution in [0.1, 0.15) is 14.5 Å². The van der Waals surface area contributed by atoms with Gasteiger partial charge in [0.2, 0.25) is 0 Å². The van der Waals surface area contributed by atoms with Crippen molar-refractivity contribution in [3.63, 3.8) is 0 Å². The van der Waals surface area contributed by atoms with Gasteiger partial charge in [-0.05, 0) is 30.5 Å². The molecule has 0 fully saturated rings. The molecule has 3 aromatic rings. The van der Waals surface area contributed by atoms with Crippen LogP contribution in [0.5, 0.6) is 0 Å². The monoisotopic (exact) mass is 334 g/mol. The summed E-state index contributed by atoms with van der Waals surface area (Å²) in [7, 11) is 0. The second-order valence-electron chi connectivity index (χ2n) is 4.36. The second-order valence-corrected chi connectivity index (χ2v) is 6.95. The Hall–Kier alpha value is -1.69. The molecule has 6 heteroatoms. The number of benzene rings is 1. The van der Waals surface area contributed by atoms with E-state index in [-0.39, 0.29) is 5.91 Å². The van der Waals surface area contributed by atoms with Gasteiger partial charge in [-0.15, -0.1) is 22.7 Å². The molecule has 0 aliphatic carbocycles. The summed E-state index contributed by atoms with van der Waals surface area (Å²) >= 11 is 8.77. The minimum atomic E-state index is -0.124. The average molecular weight is 335 g/mol. The summed E-state index contributed by atoms with van der Waals surface area (Å²) in [4.78, 5) is 18.3. The number of aryl methyl sites for hydroxylation is 1. The van der Waals surface area contributed by atoms with E-state index in [1.807, 2.05) is 42.6 Å². The Kier molecular flexibility index (Phi) is 4.05. The zero-order valence-corrected chi connectivity index (χ0v) is 13.5. The molecule has 1 aromatic carbocycles. The first-order valence-electron chi connectivity index (χ1n) is 6.22. The minimum absolute atomic E-state index is 0.124. The fourth-order valence-corrected chi connectivity index (χ4v) is 3.47. The van der Waals surface area contributed by atoms with Gasteiger partial charge >= 0.3 is 0 Å². The predicted octanol–water partition coefficient (Wildman–Crippen LogP) is 5.09. The lowest BCUT2D eigenvalue weighted by molar-refractivity contribution is 0.103. The lowest BCUT2D eigenvalue weighted by Crippen LogP contribution is -2.09. The van der Waals surface area contributed by atoms with Crippen LogP contribution in [0.15, 0.2) is 41.8 Å². The van der Waals surface area contributed by atoms with E-state index >= 15 is 0 Å². The fraction of sp³-hybridized carbons (Fsp3) is 0.0667. The first-order valence-corrected chi connectivity index (χ1v) is 8.29. The molecule has 0 atom stereocenters. The van der Waals surface area contributed by atoms with E-state index in [4.69, 9.17) is 11.6 Å². The fourth-order valence-electron chi connectivity index (χ4n) is 1.89. The maximum atomic E-state index is 12.0. The van der Waals surface area contributed by atoms with Gasteiger partial charge in [0.1, 0.15) is 0 Å². The molecule has 0 spiro atoms. The van der Waals surface area contributed by atoms with Crippen molar-refractivity contribution >= 4 is 45.3 Å². The van der Waals surface area contributed by atoms with Crippen molar-refractivity contribution in [3.8, 4) is 11.3 Å². The molecule has 0 aliphatic heterocycles. The number of thiazole rings is 1. The van der Waals surface area contributed by atoms with Crippen LogP contribution in [0.3, 0.4) is 0 Å². The Balaban J connectivity index is 1.84. The van der Waals surface area contributed by atoms with Crippen LogP contribution in [0.25, 0.3) is 11.3 Å². The number of amides is 1. The van der Waals surface area contributed by atoms with Crippen LogP contribution >= 0.6 is 34.3 Å². The SMILES string of the molecule is Cc1sc(NC(=O)c2cccs2)nc1-c1ccc(Cl)cc1. The predicted molar refractivity (Wildman–Crippen MR) is 89.6 cm³/mol. The maximum Gasteiger partial charge on any atom is 0.267 e. The Morgan fingerprint density at radius 3 is 2.67 bits per heavy atom. The van der Waals surface area contributed by atoms with Crippen molar-refractivity contribution in [2.75, 3.05) is 5.32 Å². The number of hydrogen-bond acceptors (Lipinski definition) is 4. The molecule has 1 amide bonds. The van der Waals surface area contributed by atoms with Gasteiger partial charge in [-0.3, -0.25) is 10.1 Å². The molecular weight excluding hydrogens is 324 g/mol. The van der Waals surface area contributed by atoms with E-state index in [1.165, 1.54) is 22.7 Å². The summed E-state index contributed by atoms with van der Waals surface area (Å²) in [6.07, 6.45) is 0. The summed E-state index contributed by atoms with van der Waals surface area (Å²) in [6, 6.07) is 11.2. The van der Waals surface area contributed by atoms with Gasteiger partial charge in [0, 0.05) is 15.5 Å². The molecule has 0 radical (unpaired) electrons. The quantitative estimate of drug-likeness (QED) is 0.725. The van der Waals surface area contributed by atoms with Crippen molar-refractivity contribution in [2.24, 2.45) is 0 Å². The standard InChI is InChI=1S/C15H11ClN2OS2/c1-9-13(10-4-6-11(16)7-5-10)17-15(21-9)18-14(19)12-3-2-8-20-12/h2-8H,1H3,(H,17,18,19). The molecule has 3 nitrogen and oxygen atoms in total. The first-order chi connectivity index (χ1) is 10.1. The molecule has 1 N–H and O–H groups in total. The van der Waals surface area contributed by atoms with Gasteiger partial charge in [-0.1, -0.05) is 29.8 Å². The third kappa shape index (κ3) is 3.15. The van der Waals surface area contributed by atoms with E-state index in [2.05, 4.69) is 10.3 Å². The Morgan fingerprint density at radius 2 is 2.00 bits per heavy atom. The molecule has 0 unspecified atom stereocenters. The Morgan fingerprint density at radius 1 is 1.24 bits per heavy atom. The average Bonchev–Trinajstić information content (AvgIpc) is 3.10. The molecule has 0 aliphatic rings. The minimum Gasteiger partial charge on any atom is -0.297 e. The summed E-state index contributed by atoms with van der Waals surface area (Å²) < 4.78 is 0. The van der Waals surface area contributed by atoms with E-state index in [0.717, 1.165) is 16.1 Å². The van der Waals surface area contributed by atoms with Crippen LogP contribution in [0.4, 0.5) is 5.13 Å². The van der Waals surface area contributed by atoms with Crippen LogP contribution < -0.4 is 5.32 Å². The van der Waals surface area contributed by atoms with Crippen LogP contribution in [0.2, 0.25) is 5.02 Å². The number of carbonyl (C=O) groups is 1. The van der Waals surface area contributed by atoms with Gasteiger partial charge in [-0.25, -0.2) is 4.98 Å². The number of aromatic nitrogens is 1. The van der Waals surface area contributed by atoms with E-state index < -0.39 is 0 Å². The largest absolute Gasteiger partial charge is 0.297 e. The highest BCUT2D eigenvalue weighted by Gasteiger charge is 2.13. The summed E-state index contributed by atoms with van der Waals surface area (Å²) in [5.41, 5.74) is 1.86. The van der Waals surface area contributed by atoms with Gasteiger partial charge in [-0.2, -0.15) is 0 Å². The maximum absolute atomic E-state index is 12.0. The van der Waals surface area contributed by atoms with Crippen molar-refractivity contribution in [3.05, 3.63) is 56.6 Å². The van der Waals surface area contributed by atoms with Crippen molar-refractivity contribution < 1.29 is 4.79 Å². The van der Waals surface area contributed by atoms with Crippen LogP contribution in [-0.2, 0) is 0 Å². The number of halogens is 1. The highest BCUT2D eigenvalue weighted by molar-refractivity contribution is 7.16. The normalized spacial score (nSPS) is 10.6. The highest BCUT2D eigenvalue weighted by Crippen LogP contribution is 2.31. The molecule has 21 heavy (non-hydrogen) atoms. The lowest BCUT2D eigenvalue weighted by atomic mass is 10.1. The zero-order chi connectivity index (χ0) is 14.8. The third-order valence-corrected chi connectivity index (χ3v) is 4.89. The lowest BCUT2D eigenvalue weighted by Gasteiger charge is -1.99. The highest BCUT2D eigenvalue weighted by atomic mass is 35.5. The van der Waals surface area contributed by atoms with Crippen molar-refractivity contribution in [2.45, 2.75) is 6.92 Å². The van der Waals surface area contributed by atoms with Gasteiger partial charge in [0.25, 0.3) is 5.91 Å². The van der Waals surface area contributed by atoms with Gasteiger partial charge < -0.3 is 0 Å². The Labute approximate surface area is 135 Å². The molecule has 0 saturated carbocycles. The molecular formula is C15H11ClN2OS2. The van der Waals surface area contributed by atoms with E-state index in [1.54, 1.807) is 6.07 Å². The van der Waals surface area contributed by atoms with Crippen molar-refractivity contribution in [1.82, 2.24) is 4.98 Å². The third-order valence-electron chi connectivity index (χ3n) is 2.88. The topological polar surface area (TPSA) is 42.0 Å². The second kappa shape index (κ2) is 5.97. The Bertz CT molecular complexity index is 764. The number of thiophene rings is 1. The van der Waals surface area contributed by atoms with Crippen LogP contribution in [-0.4, -0.2) is 10.9 Å². The molecule has 3 rings (SSSR count). The number of rotatable bonds is 3. The molecule has 0 saturated heterocycles. The van der Waals surface area contributed by atoms with E-state index in [0.29, 0.717) is 15.0 Å². The van der Waals surface area contributed by atoms with Gasteiger partial charge in [0.05, 0.1) is 10.6 Å². The number of anilines is 1. The summed E-state index contributed by atoms with van der Waals surface area (Å²) in [5.74, 6) is -0.124. The summed E-state index contributed by atoms with van der Waals surface area (Å²) in [5, 5.41) is 6.02. The molecule has 2 heterocycles. The van der Waals surface area contributed by atoms with Crippen LogP contribution in [0, 0.1) is 6.92 Å². The summed E-state index contributed by atoms with van der Waals surface area (Å²) in [6.45, 7) is 1.99. The van der Waals surface area contributed by atoms with Gasteiger partial charge in [0.15, 0.2) is 5.13 Å². The molecule has 0 bridgehead atoms. The zero-order valence-electron chi connectivity index (χ0n) is 11.1. The molecule has 2 aromatic heterocycles. The number of hydrogen-bond donors (Lipinski definition) is 1. The number of carbonyl (C=O) groups excluding carboxylic acids is 1.